The lowest BCUT2D eigenvalue weighted by molar-refractivity contribution is 0.203. The molecule has 19 heavy (non-hydrogen) atoms. The molecule has 1 atom stereocenters. The Kier molecular flexibility index (Phi) is 4.39. The van der Waals surface area contributed by atoms with Gasteiger partial charge in [0, 0.05) is 35.9 Å². The predicted octanol–water partition coefficient (Wildman–Crippen LogP) is 3.88. The highest BCUT2D eigenvalue weighted by molar-refractivity contribution is 9.11. The van der Waals surface area contributed by atoms with E-state index in [-0.39, 0.29) is 0 Å². The molecule has 0 aromatic carbocycles. The van der Waals surface area contributed by atoms with Gasteiger partial charge in [0.15, 0.2) is 0 Å². The molecule has 0 radical (unpaired) electrons. The number of halogens is 1. The smallest absolute Gasteiger partial charge is 0.0791 e. The maximum absolute atomic E-state index is 3.59. The molecule has 5 heteroatoms. The highest BCUT2D eigenvalue weighted by Crippen LogP contribution is 2.38. The van der Waals surface area contributed by atoms with Gasteiger partial charge >= 0.3 is 0 Å². The van der Waals surface area contributed by atoms with Crippen LogP contribution in [0, 0.1) is 6.92 Å². The summed E-state index contributed by atoms with van der Waals surface area (Å²) in [6, 6.07) is 7.19. The van der Waals surface area contributed by atoms with E-state index in [1.807, 2.05) is 22.7 Å². The second-order valence-electron chi connectivity index (χ2n) is 4.86. The van der Waals surface area contributed by atoms with Gasteiger partial charge in [-0.3, -0.25) is 4.90 Å². The lowest BCUT2D eigenvalue weighted by atomic mass is 10.1. The van der Waals surface area contributed by atoms with Crippen LogP contribution in [-0.2, 0) is 0 Å². The third-order valence-corrected chi connectivity index (χ3v) is 6.18. The van der Waals surface area contributed by atoms with Gasteiger partial charge in [0.05, 0.1) is 9.83 Å². The van der Waals surface area contributed by atoms with Crippen molar-refractivity contribution < 1.29 is 0 Å². The fourth-order valence-corrected chi connectivity index (χ4v) is 5.21. The van der Waals surface area contributed by atoms with Gasteiger partial charge in [0.25, 0.3) is 0 Å². The Bertz CT molecular complexity index is 503. The maximum Gasteiger partial charge on any atom is 0.0791 e. The Morgan fingerprint density at radius 3 is 2.63 bits per heavy atom. The van der Waals surface area contributed by atoms with Crippen LogP contribution in [-0.4, -0.2) is 31.1 Å². The number of hydrogen-bond donors (Lipinski definition) is 1. The molecule has 1 N–H and O–H groups in total. The standard InChI is InChI=1S/C14H17BrN2S2/c1-10-8-12(18-9-10)14(11-2-3-13(15)19-11)17-6-4-16-5-7-17/h2-3,8-9,14,16H,4-7H2,1H3. The van der Waals surface area contributed by atoms with E-state index in [1.54, 1.807) is 0 Å². The zero-order valence-corrected chi connectivity index (χ0v) is 14.1. The Balaban J connectivity index is 1.94. The molecule has 0 spiro atoms. The zero-order chi connectivity index (χ0) is 13.2. The molecule has 0 bridgehead atoms. The van der Waals surface area contributed by atoms with Crippen molar-refractivity contribution in [1.82, 2.24) is 10.2 Å². The summed E-state index contributed by atoms with van der Waals surface area (Å²) in [5, 5.41) is 5.70. The van der Waals surface area contributed by atoms with E-state index in [0.29, 0.717) is 6.04 Å². The largest absolute Gasteiger partial charge is 0.314 e. The second kappa shape index (κ2) is 6.06. The molecule has 3 rings (SSSR count). The summed E-state index contributed by atoms with van der Waals surface area (Å²) in [6.07, 6.45) is 0. The lowest BCUT2D eigenvalue weighted by Crippen LogP contribution is -2.45. The molecule has 1 fully saturated rings. The lowest BCUT2D eigenvalue weighted by Gasteiger charge is -2.34. The number of rotatable bonds is 3. The number of piperazine rings is 1. The van der Waals surface area contributed by atoms with E-state index in [1.165, 1.54) is 19.1 Å². The molecule has 1 saturated heterocycles. The van der Waals surface area contributed by atoms with E-state index in [9.17, 15) is 0 Å². The quantitative estimate of drug-likeness (QED) is 0.897. The van der Waals surface area contributed by atoms with Crippen LogP contribution in [0.4, 0.5) is 0 Å². The van der Waals surface area contributed by atoms with E-state index in [0.717, 1.165) is 26.2 Å². The molecule has 2 aromatic rings. The Morgan fingerprint density at radius 1 is 1.26 bits per heavy atom. The molecule has 3 heterocycles. The molecule has 1 unspecified atom stereocenters. The van der Waals surface area contributed by atoms with Crippen molar-refractivity contribution in [3.05, 3.63) is 42.7 Å². The average Bonchev–Trinajstić information content (AvgIpc) is 3.01. The van der Waals surface area contributed by atoms with Crippen LogP contribution >= 0.6 is 38.6 Å². The summed E-state index contributed by atoms with van der Waals surface area (Å²) in [5.74, 6) is 0. The fourth-order valence-electron chi connectivity index (χ4n) is 2.51. The van der Waals surface area contributed by atoms with Gasteiger partial charge in [-0.2, -0.15) is 0 Å². The predicted molar refractivity (Wildman–Crippen MR) is 87.4 cm³/mol. The number of nitrogens with zero attached hydrogens (tertiary/aromatic N) is 1. The molecular formula is C14H17BrN2S2. The first-order chi connectivity index (χ1) is 9.24. The number of nitrogens with one attached hydrogen (secondary N) is 1. The topological polar surface area (TPSA) is 15.3 Å². The van der Waals surface area contributed by atoms with Crippen LogP contribution in [0.3, 0.4) is 0 Å². The first kappa shape index (κ1) is 13.8. The maximum atomic E-state index is 3.59. The Hall–Kier alpha value is -0.200. The number of hydrogen-bond acceptors (Lipinski definition) is 4. The van der Waals surface area contributed by atoms with Gasteiger partial charge < -0.3 is 5.32 Å². The molecular weight excluding hydrogens is 340 g/mol. The third kappa shape index (κ3) is 3.11. The SMILES string of the molecule is Cc1csc(C(c2ccc(Br)s2)N2CCNCC2)c1. The first-order valence-corrected chi connectivity index (χ1v) is 8.98. The van der Waals surface area contributed by atoms with Crippen LogP contribution in [0.15, 0.2) is 27.4 Å². The zero-order valence-electron chi connectivity index (χ0n) is 10.9. The summed E-state index contributed by atoms with van der Waals surface area (Å²) in [5.41, 5.74) is 1.37. The van der Waals surface area contributed by atoms with Gasteiger partial charge in [0.1, 0.15) is 0 Å². The van der Waals surface area contributed by atoms with Gasteiger partial charge in [0.2, 0.25) is 0 Å². The highest BCUT2D eigenvalue weighted by Gasteiger charge is 2.26. The Labute approximate surface area is 130 Å². The average molecular weight is 357 g/mol. The van der Waals surface area contributed by atoms with Crippen LogP contribution < -0.4 is 5.32 Å². The molecule has 1 aliphatic heterocycles. The minimum atomic E-state index is 0.428. The van der Waals surface area contributed by atoms with Gasteiger partial charge in [-0.25, -0.2) is 0 Å². The summed E-state index contributed by atoms with van der Waals surface area (Å²) in [7, 11) is 0. The van der Waals surface area contributed by atoms with Crippen LogP contribution in [0.5, 0.6) is 0 Å². The van der Waals surface area contributed by atoms with Crippen molar-refractivity contribution >= 4 is 38.6 Å². The summed E-state index contributed by atoms with van der Waals surface area (Å²) < 4.78 is 1.22. The summed E-state index contributed by atoms with van der Waals surface area (Å²) >= 11 is 7.33. The molecule has 0 aliphatic carbocycles. The first-order valence-electron chi connectivity index (χ1n) is 6.49. The van der Waals surface area contributed by atoms with Crippen molar-refractivity contribution in [2.45, 2.75) is 13.0 Å². The van der Waals surface area contributed by atoms with Crippen molar-refractivity contribution in [2.75, 3.05) is 26.2 Å². The van der Waals surface area contributed by atoms with E-state index < -0.39 is 0 Å². The van der Waals surface area contributed by atoms with Gasteiger partial charge in [-0.1, -0.05) is 0 Å². The summed E-state index contributed by atoms with van der Waals surface area (Å²) in [6.45, 7) is 6.61. The van der Waals surface area contributed by atoms with Crippen molar-refractivity contribution in [3.63, 3.8) is 0 Å². The molecule has 0 amide bonds. The highest BCUT2D eigenvalue weighted by atomic mass is 79.9. The monoisotopic (exact) mass is 356 g/mol. The second-order valence-corrected chi connectivity index (χ2v) is 8.29. The van der Waals surface area contributed by atoms with Gasteiger partial charge in [-0.15, -0.1) is 22.7 Å². The van der Waals surface area contributed by atoms with E-state index >= 15 is 0 Å². The minimum Gasteiger partial charge on any atom is -0.314 e. The van der Waals surface area contributed by atoms with Crippen LogP contribution in [0.1, 0.15) is 21.4 Å². The molecule has 1 aliphatic rings. The molecule has 2 aromatic heterocycles. The minimum absolute atomic E-state index is 0.428. The summed E-state index contributed by atoms with van der Waals surface area (Å²) in [4.78, 5) is 5.50. The van der Waals surface area contributed by atoms with Gasteiger partial charge in [-0.05, 0) is 52.0 Å². The normalized spacial score (nSPS) is 18.6. The third-order valence-electron chi connectivity index (χ3n) is 3.40. The Morgan fingerprint density at radius 2 is 2.05 bits per heavy atom. The van der Waals surface area contributed by atoms with Crippen LogP contribution in [0.2, 0.25) is 0 Å². The number of aryl methyl sites for hydroxylation is 1. The van der Waals surface area contributed by atoms with E-state index in [2.05, 4.69) is 56.6 Å². The molecule has 0 saturated carbocycles. The van der Waals surface area contributed by atoms with Crippen molar-refractivity contribution in [2.24, 2.45) is 0 Å². The molecule has 102 valence electrons. The number of thiophene rings is 2. The fraction of sp³-hybridized carbons (Fsp3) is 0.429. The van der Waals surface area contributed by atoms with Crippen molar-refractivity contribution in [1.29, 1.82) is 0 Å². The van der Waals surface area contributed by atoms with E-state index in [4.69, 9.17) is 0 Å². The molecule has 2 nitrogen and oxygen atoms in total. The van der Waals surface area contributed by atoms with Crippen LogP contribution in [0.25, 0.3) is 0 Å². The van der Waals surface area contributed by atoms with Crippen molar-refractivity contribution in [3.8, 4) is 0 Å².